The monoisotopic (exact) mass is 412 g/mol. The van der Waals surface area contributed by atoms with Crippen LogP contribution in [0.1, 0.15) is 50.5 Å². The molecular formula is C17H19F5NO5-. The molecular weight excluding hydrogens is 393 g/mol. The molecule has 11 heteroatoms. The fourth-order valence-corrected chi connectivity index (χ4v) is 2.25. The molecule has 0 saturated heterocycles. The Morgan fingerprint density at radius 2 is 1.71 bits per heavy atom. The van der Waals surface area contributed by atoms with Crippen molar-refractivity contribution < 1.29 is 46.5 Å². The van der Waals surface area contributed by atoms with Crippen LogP contribution in [0.4, 0.5) is 32.4 Å². The number of alkyl halides is 5. The van der Waals surface area contributed by atoms with Gasteiger partial charge >= 0.3 is 18.2 Å². The molecule has 1 aromatic rings. The minimum absolute atomic E-state index is 0.146. The van der Waals surface area contributed by atoms with Crippen molar-refractivity contribution in [2.45, 2.75) is 57.9 Å². The summed E-state index contributed by atoms with van der Waals surface area (Å²) < 4.78 is 71.7. The van der Waals surface area contributed by atoms with E-state index in [2.05, 4.69) is 0 Å². The van der Waals surface area contributed by atoms with E-state index in [0.29, 0.717) is 6.07 Å². The van der Waals surface area contributed by atoms with E-state index >= 15 is 0 Å². The van der Waals surface area contributed by atoms with E-state index in [1.165, 1.54) is 27.7 Å². The molecule has 1 aromatic carbocycles. The Morgan fingerprint density at radius 1 is 1.18 bits per heavy atom. The van der Waals surface area contributed by atoms with Crippen molar-refractivity contribution >= 4 is 17.7 Å². The lowest BCUT2D eigenvalue weighted by atomic mass is 9.94. The summed E-state index contributed by atoms with van der Waals surface area (Å²) in [6, 6.07) is 0.744. The van der Waals surface area contributed by atoms with Crippen LogP contribution in [-0.2, 0) is 22.1 Å². The van der Waals surface area contributed by atoms with E-state index in [0.717, 1.165) is 0 Å². The third-order valence-electron chi connectivity index (χ3n) is 3.49. The summed E-state index contributed by atoms with van der Waals surface area (Å²) in [4.78, 5) is 22.6. The number of benzene rings is 1. The Balaban J connectivity index is 3.63. The Hall–Kier alpha value is -2.43. The predicted octanol–water partition coefficient (Wildman–Crippen LogP) is 3.03. The highest BCUT2D eigenvalue weighted by Crippen LogP contribution is 2.41. The van der Waals surface area contributed by atoms with Gasteiger partial charge in [-0.25, -0.2) is 4.79 Å². The maximum Gasteiger partial charge on any atom is 0.416 e. The first-order chi connectivity index (χ1) is 12.5. The van der Waals surface area contributed by atoms with Gasteiger partial charge in [0.1, 0.15) is 11.6 Å². The second-order valence-corrected chi connectivity index (χ2v) is 6.89. The average Bonchev–Trinajstić information content (AvgIpc) is 2.51. The Bertz CT molecular complexity index is 756. The number of aliphatic hydroxyl groups is 1. The number of anilines is 1. The van der Waals surface area contributed by atoms with Gasteiger partial charge in [0.2, 0.25) is 0 Å². The predicted molar refractivity (Wildman–Crippen MR) is 85.6 cm³/mol. The zero-order valence-electron chi connectivity index (χ0n) is 15.4. The molecule has 158 valence electrons. The van der Waals surface area contributed by atoms with Crippen LogP contribution >= 0.6 is 0 Å². The number of aliphatic hydroxyl groups excluding tert-OH is 1. The number of hydrogen-bond acceptors (Lipinski definition) is 5. The van der Waals surface area contributed by atoms with Crippen LogP contribution in [0, 0.1) is 0 Å². The van der Waals surface area contributed by atoms with Crippen molar-refractivity contribution in [1.82, 2.24) is 0 Å². The first kappa shape index (κ1) is 23.6. The van der Waals surface area contributed by atoms with Crippen molar-refractivity contribution in [1.29, 1.82) is 0 Å². The van der Waals surface area contributed by atoms with Gasteiger partial charge < -0.3 is 19.7 Å². The third-order valence-corrected chi connectivity index (χ3v) is 3.49. The maximum atomic E-state index is 13.7. The average molecular weight is 412 g/mol. The minimum Gasteiger partial charge on any atom is -0.544 e. The molecule has 0 aliphatic rings. The van der Waals surface area contributed by atoms with Crippen LogP contribution in [-0.4, -0.2) is 28.7 Å². The minimum atomic E-state index is -4.97. The van der Waals surface area contributed by atoms with Gasteiger partial charge in [0, 0.05) is 5.56 Å². The number of hydrogen-bond donors (Lipinski definition) is 2. The molecule has 0 fully saturated rings. The number of halogens is 5. The molecule has 6 nitrogen and oxygen atoms in total. The number of rotatable bonds is 5. The van der Waals surface area contributed by atoms with Crippen LogP contribution in [0.2, 0.25) is 0 Å². The van der Waals surface area contributed by atoms with Crippen molar-refractivity contribution in [2.75, 3.05) is 5.32 Å². The summed E-state index contributed by atoms with van der Waals surface area (Å²) in [6.45, 7) is 5.84. The number of carbonyl (C=O) groups is 2. The van der Waals surface area contributed by atoms with Gasteiger partial charge in [-0.15, -0.1) is 0 Å². The van der Waals surface area contributed by atoms with Crippen molar-refractivity contribution in [2.24, 2.45) is 0 Å². The standard InChI is InChI=1S/C17H20F5NO5/c1-5-8-6-9(17(20,21)22)7-10(12(24)16(18,19)13(25)26)11(8)23-14(27)28-15(2,3)4/h6-7,12,24H,5H2,1-4H3,(H,23,27)(H,25,26)/p-1. The largest absolute Gasteiger partial charge is 0.544 e. The summed E-state index contributed by atoms with van der Waals surface area (Å²) in [7, 11) is 0. The van der Waals surface area contributed by atoms with Gasteiger partial charge in [0.25, 0.3) is 0 Å². The molecule has 1 unspecified atom stereocenters. The molecule has 28 heavy (non-hydrogen) atoms. The number of nitrogens with one attached hydrogen (secondary N) is 1. The van der Waals surface area contributed by atoms with Crippen LogP contribution in [0.25, 0.3) is 0 Å². The van der Waals surface area contributed by atoms with Crippen LogP contribution in [0.3, 0.4) is 0 Å². The van der Waals surface area contributed by atoms with E-state index < -0.39 is 52.7 Å². The first-order valence-electron chi connectivity index (χ1n) is 8.02. The number of aryl methyl sites for hydroxylation is 1. The number of carboxylic acids is 1. The lowest BCUT2D eigenvalue weighted by Gasteiger charge is -2.28. The number of carbonyl (C=O) groups excluding carboxylic acids is 2. The highest BCUT2D eigenvalue weighted by atomic mass is 19.4. The number of amides is 1. The summed E-state index contributed by atoms with van der Waals surface area (Å²) >= 11 is 0. The van der Waals surface area contributed by atoms with E-state index in [1.54, 1.807) is 0 Å². The first-order valence-corrected chi connectivity index (χ1v) is 8.02. The second-order valence-electron chi connectivity index (χ2n) is 6.89. The van der Waals surface area contributed by atoms with Gasteiger partial charge in [0.05, 0.1) is 11.3 Å². The number of carboxylic acid groups (broad SMARTS) is 1. The van der Waals surface area contributed by atoms with Gasteiger partial charge in [0.15, 0.2) is 6.10 Å². The molecule has 0 aliphatic heterocycles. The molecule has 0 aliphatic carbocycles. The zero-order valence-corrected chi connectivity index (χ0v) is 15.4. The summed E-state index contributed by atoms with van der Waals surface area (Å²) in [5, 5.41) is 22.5. The topological polar surface area (TPSA) is 98.7 Å². The lowest BCUT2D eigenvalue weighted by Crippen LogP contribution is -2.46. The van der Waals surface area contributed by atoms with Crippen LogP contribution < -0.4 is 10.4 Å². The zero-order chi connectivity index (χ0) is 22.1. The summed E-state index contributed by atoms with van der Waals surface area (Å²) in [5.41, 5.74) is -4.41. The molecule has 2 N–H and O–H groups in total. The van der Waals surface area contributed by atoms with Crippen molar-refractivity contribution in [3.63, 3.8) is 0 Å². The summed E-state index contributed by atoms with van der Waals surface area (Å²) in [5.74, 6) is -7.90. The molecule has 1 atom stereocenters. The molecule has 1 rings (SSSR count). The molecule has 0 radical (unpaired) electrons. The third kappa shape index (κ3) is 5.54. The fourth-order valence-electron chi connectivity index (χ4n) is 2.25. The van der Waals surface area contributed by atoms with Gasteiger partial charge in [-0.05, 0) is 44.9 Å². The van der Waals surface area contributed by atoms with Crippen molar-refractivity contribution in [3.05, 3.63) is 28.8 Å². The number of ether oxygens (including phenoxy) is 1. The van der Waals surface area contributed by atoms with Gasteiger partial charge in [-0.3, -0.25) is 5.32 Å². The van der Waals surface area contributed by atoms with Gasteiger partial charge in [-0.2, -0.15) is 22.0 Å². The van der Waals surface area contributed by atoms with Crippen LogP contribution in [0.15, 0.2) is 12.1 Å². The molecule has 0 aromatic heterocycles. The molecule has 0 heterocycles. The molecule has 1 amide bonds. The Kier molecular flexibility index (Phi) is 6.66. The lowest BCUT2D eigenvalue weighted by molar-refractivity contribution is -0.336. The fraction of sp³-hybridized carbons (Fsp3) is 0.529. The maximum absolute atomic E-state index is 13.7. The summed E-state index contributed by atoms with van der Waals surface area (Å²) in [6.07, 6.45) is -9.53. The smallest absolute Gasteiger partial charge is 0.416 e. The van der Waals surface area contributed by atoms with E-state index in [1.807, 2.05) is 5.32 Å². The van der Waals surface area contributed by atoms with E-state index in [4.69, 9.17) is 4.74 Å². The molecule has 0 bridgehead atoms. The van der Waals surface area contributed by atoms with Crippen molar-refractivity contribution in [3.8, 4) is 0 Å². The molecule has 0 spiro atoms. The van der Waals surface area contributed by atoms with Crippen LogP contribution in [0.5, 0.6) is 0 Å². The SMILES string of the molecule is CCc1cc(C(F)(F)F)cc(C(O)C(F)(F)C(=O)[O-])c1NC(=O)OC(C)(C)C. The van der Waals surface area contributed by atoms with E-state index in [9.17, 15) is 41.8 Å². The Labute approximate surface area is 157 Å². The number of aliphatic carboxylic acids is 1. The second kappa shape index (κ2) is 7.90. The quantitative estimate of drug-likeness (QED) is 0.725. The van der Waals surface area contributed by atoms with Gasteiger partial charge in [-0.1, -0.05) is 6.92 Å². The highest BCUT2D eigenvalue weighted by Gasteiger charge is 2.44. The Morgan fingerprint density at radius 3 is 2.11 bits per heavy atom. The normalized spacial score (nSPS) is 13.8. The molecule has 0 saturated carbocycles. The highest BCUT2D eigenvalue weighted by molar-refractivity contribution is 5.88. The van der Waals surface area contributed by atoms with E-state index in [-0.39, 0.29) is 18.1 Å².